The van der Waals surface area contributed by atoms with Crippen LogP contribution in [-0.2, 0) is 9.53 Å². The molecule has 0 spiro atoms. The SMILES string of the molecule is COC(=O)N1CCCC1C(=O)Nc1c(Cl)cccc1Cl. The predicted octanol–water partition coefficient (Wildman–Crippen LogP) is 3.16. The van der Waals surface area contributed by atoms with Crippen LogP contribution in [0.4, 0.5) is 10.5 Å². The number of hydrogen-bond donors (Lipinski definition) is 1. The number of nitrogens with zero attached hydrogens (tertiary/aromatic N) is 1. The molecule has 1 aliphatic rings. The highest BCUT2D eigenvalue weighted by Crippen LogP contribution is 2.30. The number of rotatable bonds is 2. The number of carbonyl (C=O) groups is 2. The molecule has 1 aromatic rings. The van der Waals surface area contributed by atoms with Crippen molar-refractivity contribution in [1.82, 2.24) is 4.90 Å². The van der Waals surface area contributed by atoms with E-state index < -0.39 is 12.1 Å². The predicted molar refractivity (Wildman–Crippen MR) is 77.2 cm³/mol. The maximum absolute atomic E-state index is 12.3. The van der Waals surface area contributed by atoms with Crippen molar-refractivity contribution in [2.24, 2.45) is 0 Å². The van der Waals surface area contributed by atoms with Crippen LogP contribution in [0.1, 0.15) is 12.8 Å². The van der Waals surface area contributed by atoms with Crippen molar-refractivity contribution >= 4 is 40.9 Å². The second-order valence-electron chi connectivity index (χ2n) is 4.41. The van der Waals surface area contributed by atoms with Crippen LogP contribution < -0.4 is 5.32 Å². The minimum atomic E-state index is -0.560. The summed E-state index contributed by atoms with van der Waals surface area (Å²) in [6, 6.07) is 4.40. The van der Waals surface area contributed by atoms with Gasteiger partial charge in [-0.1, -0.05) is 29.3 Å². The van der Waals surface area contributed by atoms with Crippen LogP contribution in [0.15, 0.2) is 18.2 Å². The summed E-state index contributed by atoms with van der Waals surface area (Å²) in [4.78, 5) is 25.3. The van der Waals surface area contributed by atoms with Gasteiger partial charge in [0.15, 0.2) is 0 Å². The lowest BCUT2D eigenvalue weighted by molar-refractivity contribution is -0.119. The Kier molecular flexibility index (Phi) is 4.73. The van der Waals surface area contributed by atoms with Gasteiger partial charge < -0.3 is 10.1 Å². The number of hydrogen-bond acceptors (Lipinski definition) is 3. The average Bonchev–Trinajstić information content (AvgIpc) is 2.91. The third-order valence-electron chi connectivity index (χ3n) is 3.18. The molecule has 1 fully saturated rings. The van der Waals surface area contributed by atoms with Gasteiger partial charge in [-0.15, -0.1) is 0 Å². The molecule has 1 heterocycles. The summed E-state index contributed by atoms with van der Waals surface area (Å²) in [5.74, 6) is -0.317. The minimum Gasteiger partial charge on any atom is -0.453 e. The Morgan fingerprint density at radius 2 is 2.00 bits per heavy atom. The fourth-order valence-corrected chi connectivity index (χ4v) is 2.69. The van der Waals surface area contributed by atoms with Gasteiger partial charge in [0, 0.05) is 6.54 Å². The van der Waals surface area contributed by atoms with Crippen molar-refractivity contribution in [2.45, 2.75) is 18.9 Å². The number of likely N-dealkylation sites (tertiary alicyclic amines) is 1. The van der Waals surface area contributed by atoms with Crippen molar-refractivity contribution in [2.75, 3.05) is 19.0 Å². The number of anilines is 1. The summed E-state index contributed by atoms with van der Waals surface area (Å²) in [5, 5.41) is 3.39. The zero-order valence-electron chi connectivity index (χ0n) is 10.9. The number of benzene rings is 1. The molecule has 2 amide bonds. The molecule has 1 N–H and O–H groups in total. The monoisotopic (exact) mass is 316 g/mol. The zero-order valence-corrected chi connectivity index (χ0v) is 12.4. The van der Waals surface area contributed by atoms with E-state index in [4.69, 9.17) is 23.2 Å². The Hall–Kier alpha value is -1.46. The van der Waals surface area contributed by atoms with E-state index in [0.29, 0.717) is 28.7 Å². The summed E-state index contributed by atoms with van der Waals surface area (Å²) in [6.45, 7) is 0.501. The van der Waals surface area contributed by atoms with Crippen LogP contribution in [0.25, 0.3) is 0 Å². The molecular weight excluding hydrogens is 303 g/mol. The first kappa shape index (κ1) is 14.9. The lowest BCUT2D eigenvalue weighted by Crippen LogP contribution is -2.43. The largest absolute Gasteiger partial charge is 0.453 e. The van der Waals surface area contributed by atoms with Crippen molar-refractivity contribution in [3.8, 4) is 0 Å². The highest BCUT2D eigenvalue weighted by atomic mass is 35.5. The van der Waals surface area contributed by atoms with E-state index in [9.17, 15) is 9.59 Å². The number of carbonyl (C=O) groups excluding carboxylic acids is 2. The Balaban J connectivity index is 2.14. The fraction of sp³-hybridized carbons (Fsp3) is 0.385. The van der Waals surface area contributed by atoms with Gasteiger partial charge >= 0.3 is 6.09 Å². The molecule has 1 atom stereocenters. The maximum atomic E-state index is 12.3. The van der Waals surface area contributed by atoms with E-state index in [1.165, 1.54) is 12.0 Å². The Morgan fingerprint density at radius 3 is 2.60 bits per heavy atom. The first-order valence-corrected chi connectivity index (χ1v) is 6.89. The molecule has 1 unspecified atom stereocenters. The number of para-hydroxylation sites is 1. The fourth-order valence-electron chi connectivity index (χ4n) is 2.20. The Bertz CT molecular complexity index is 516. The molecule has 5 nitrogen and oxygen atoms in total. The van der Waals surface area contributed by atoms with Crippen LogP contribution in [0.5, 0.6) is 0 Å². The first-order chi connectivity index (χ1) is 9.54. The molecule has 1 saturated heterocycles. The molecule has 108 valence electrons. The third kappa shape index (κ3) is 2.99. The standard InChI is InChI=1S/C13H14Cl2N2O3/c1-20-13(19)17-7-3-6-10(17)12(18)16-11-8(14)4-2-5-9(11)15/h2,4-5,10H,3,6-7H2,1H3,(H,16,18). The highest BCUT2D eigenvalue weighted by molar-refractivity contribution is 6.39. The van der Waals surface area contributed by atoms with E-state index in [2.05, 4.69) is 10.1 Å². The second kappa shape index (κ2) is 6.33. The molecular formula is C13H14Cl2N2O3. The van der Waals surface area contributed by atoms with E-state index in [1.54, 1.807) is 18.2 Å². The molecule has 2 rings (SSSR count). The van der Waals surface area contributed by atoms with E-state index >= 15 is 0 Å². The molecule has 0 radical (unpaired) electrons. The van der Waals surface area contributed by atoms with Crippen LogP contribution in [0, 0.1) is 0 Å². The van der Waals surface area contributed by atoms with Crippen molar-refractivity contribution in [3.63, 3.8) is 0 Å². The molecule has 0 bridgehead atoms. The van der Waals surface area contributed by atoms with E-state index in [-0.39, 0.29) is 5.91 Å². The number of methoxy groups -OCH3 is 1. The van der Waals surface area contributed by atoms with Crippen LogP contribution in [0.2, 0.25) is 10.0 Å². The average molecular weight is 317 g/mol. The van der Waals surface area contributed by atoms with Crippen molar-refractivity contribution in [3.05, 3.63) is 28.2 Å². The van der Waals surface area contributed by atoms with Gasteiger partial charge in [0.05, 0.1) is 22.8 Å². The van der Waals surface area contributed by atoms with Crippen molar-refractivity contribution in [1.29, 1.82) is 0 Å². The van der Waals surface area contributed by atoms with Crippen molar-refractivity contribution < 1.29 is 14.3 Å². The molecule has 1 aliphatic heterocycles. The Morgan fingerprint density at radius 1 is 1.35 bits per heavy atom. The normalized spacial score (nSPS) is 17.9. The van der Waals surface area contributed by atoms with Crippen LogP contribution in [-0.4, -0.2) is 36.6 Å². The van der Waals surface area contributed by atoms with Gasteiger partial charge in [-0.3, -0.25) is 9.69 Å². The molecule has 0 aromatic heterocycles. The topological polar surface area (TPSA) is 58.6 Å². The number of halogens is 2. The minimum absolute atomic E-state index is 0.317. The van der Waals surface area contributed by atoms with E-state index in [0.717, 1.165) is 6.42 Å². The maximum Gasteiger partial charge on any atom is 0.410 e. The third-order valence-corrected chi connectivity index (χ3v) is 3.81. The highest BCUT2D eigenvalue weighted by Gasteiger charge is 2.35. The molecule has 1 aromatic carbocycles. The van der Waals surface area contributed by atoms with E-state index in [1.807, 2.05) is 0 Å². The number of ether oxygens (including phenoxy) is 1. The summed E-state index contributed by atoms with van der Waals surface area (Å²) in [5.41, 5.74) is 0.359. The molecule has 7 heteroatoms. The quantitative estimate of drug-likeness (QED) is 0.911. The number of amides is 2. The summed E-state index contributed by atoms with van der Waals surface area (Å²) in [7, 11) is 1.29. The van der Waals surface area contributed by atoms with Gasteiger partial charge in [-0.2, -0.15) is 0 Å². The number of nitrogens with one attached hydrogen (secondary N) is 1. The Labute approximate surface area is 126 Å². The van der Waals surface area contributed by atoms with Crippen LogP contribution in [0.3, 0.4) is 0 Å². The molecule has 0 aliphatic carbocycles. The van der Waals surface area contributed by atoms with Gasteiger partial charge in [0.1, 0.15) is 6.04 Å². The lowest BCUT2D eigenvalue weighted by Gasteiger charge is -2.22. The first-order valence-electron chi connectivity index (χ1n) is 6.14. The smallest absolute Gasteiger partial charge is 0.410 e. The summed E-state index contributed by atoms with van der Waals surface area (Å²) >= 11 is 12.0. The molecule has 0 saturated carbocycles. The van der Waals surface area contributed by atoms with Gasteiger partial charge in [0.25, 0.3) is 0 Å². The molecule has 20 heavy (non-hydrogen) atoms. The van der Waals surface area contributed by atoms with Crippen LogP contribution >= 0.6 is 23.2 Å². The van der Waals surface area contributed by atoms with Gasteiger partial charge in [-0.05, 0) is 25.0 Å². The summed E-state index contributed by atoms with van der Waals surface area (Å²) in [6.07, 6.45) is 0.833. The zero-order chi connectivity index (χ0) is 14.7. The van der Waals surface area contributed by atoms with Gasteiger partial charge in [0.2, 0.25) is 5.91 Å². The summed E-state index contributed by atoms with van der Waals surface area (Å²) < 4.78 is 4.67. The van der Waals surface area contributed by atoms with Gasteiger partial charge in [-0.25, -0.2) is 4.79 Å². The second-order valence-corrected chi connectivity index (χ2v) is 5.22. The lowest BCUT2D eigenvalue weighted by atomic mass is 10.2.